The summed E-state index contributed by atoms with van der Waals surface area (Å²) in [6, 6.07) is 0. The van der Waals surface area contributed by atoms with Crippen LogP contribution in [0, 0.1) is 11.8 Å². The second kappa shape index (κ2) is 11.1. The van der Waals surface area contributed by atoms with Crippen molar-refractivity contribution in [3.63, 3.8) is 0 Å². The lowest BCUT2D eigenvalue weighted by molar-refractivity contribution is -0.145. The van der Waals surface area contributed by atoms with E-state index in [9.17, 15) is 9.59 Å². The predicted octanol–water partition coefficient (Wildman–Crippen LogP) is 2.38. The van der Waals surface area contributed by atoms with Crippen LogP contribution in [0.15, 0.2) is 0 Å². The summed E-state index contributed by atoms with van der Waals surface area (Å²) in [5.74, 6) is 1.64. The summed E-state index contributed by atoms with van der Waals surface area (Å²) in [5.41, 5.74) is 0. The van der Waals surface area contributed by atoms with Crippen LogP contribution in [-0.2, 0) is 14.3 Å². The van der Waals surface area contributed by atoms with Crippen LogP contribution in [0.2, 0.25) is 0 Å². The van der Waals surface area contributed by atoms with Gasteiger partial charge in [0.15, 0.2) is 0 Å². The summed E-state index contributed by atoms with van der Waals surface area (Å²) in [4.78, 5) is 31.1. The number of carbonyl (C=O) groups excluding carboxylic acids is 2. The Hall–Kier alpha value is -1.14. The average molecular weight is 394 g/mol. The summed E-state index contributed by atoms with van der Waals surface area (Å²) < 4.78 is 5.04. The highest BCUT2D eigenvalue weighted by molar-refractivity contribution is 5.76. The van der Waals surface area contributed by atoms with Gasteiger partial charge in [-0.05, 0) is 44.4 Å². The lowest BCUT2D eigenvalue weighted by atomic mass is 9.86. The van der Waals surface area contributed by atoms with Gasteiger partial charge in [0.25, 0.3) is 0 Å². The quantitative estimate of drug-likeness (QED) is 0.622. The number of nitrogens with zero attached hydrogens (tertiary/aromatic N) is 3. The van der Waals surface area contributed by atoms with E-state index >= 15 is 0 Å². The number of piperidine rings is 1. The molecule has 3 rings (SSSR count). The average Bonchev–Trinajstić information content (AvgIpc) is 2.71. The Morgan fingerprint density at radius 2 is 1.46 bits per heavy atom. The van der Waals surface area contributed by atoms with Crippen LogP contribution in [0.1, 0.15) is 58.3 Å². The van der Waals surface area contributed by atoms with Crippen molar-refractivity contribution < 1.29 is 14.3 Å². The molecule has 0 aromatic heterocycles. The molecule has 0 N–H and O–H groups in total. The van der Waals surface area contributed by atoms with Gasteiger partial charge < -0.3 is 14.5 Å². The SMILES string of the molecule is CCOC(=O)CN1CCN(CC2CCN(C(=O)CC3CCCCC3)CC2)CC1. The summed E-state index contributed by atoms with van der Waals surface area (Å²) in [5, 5.41) is 0. The number of likely N-dealkylation sites (tertiary alicyclic amines) is 1. The Kier molecular flexibility index (Phi) is 8.59. The monoisotopic (exact) mass is 393 g/mol. The first kappa shape index (κ1) is 21.6. The van der Waals surface area contributed by atoms with Crippen molar-refractivity contribution >= 4 is 11.9 Å². The largest absolute Gasteiger partial charge is 0.465 e. The molecule has 3 aliphatic rings. The Bertz CT molecular complexity index is 491. The summed E-state index contributed by atoms with van der Waals surface area (Å²) in [6.07, 6.45) is 9.55. The first-order chi connectivity index (χ1) is 13.6. The second-order valence-electron chi connectivity index (χ2n) is 8.91. The molecule has 0 spiro atoms. The van der Waals surface area contributed by atoms with E-state index in [1.165, 1.54) is 32.1 Å². The summed E-state index contributed by atoms with van der Waals surface area (Å²) in [7, 11) is 0. The third-order valence-electron chi connectivity index (χ3n) is 6.79. The molecule has 2 aliphatic heterocycles. The van der Waals surface area contributed by atoms with Gasteiger partial charge in [-0.15, -0.1) is 0 Å². The molecule has 0 aromatic carbocycles. The van der Waals surface area contributed by atoms with E-state index in [0.717, 1.165) is 65.1 Å². The third kappa shape index (κ3) is 6.73. The fourth-order valence-electron chi connectivity index (χ4n) is 5.02. The van der Waals surface area contributed by atoms with Crippen LogP contribution < -0.4 is 0 Å². The number of esters is 1. The fraction of sp³-hybridized carbons (Fsp3) is 0.909. The molecule has 2 heterocycles. The minimum absolute atomic E-state index is 0.110. The van der Waals surface area contributed by atoms with Gasteiger partial charge >= 0.3 is 5.97 Å². The maximum absolute atomic E-state index is 12.6. The number of piperazine rings is 1. The Morgan fingerprint density at radius 3 is 2.11 bits per heavy atom. The number of hydrogen-bond donors (Lipinski definition) is 0. The molecule has 6 nitrogen and oxygen atoms in total. The maximum atomic E-state index is 12.6. The lowest BCUT2D eigenvalue weighted by Crippen LogP contribution is -2.50. The molecule has 2 saturated heterocycles. The first-order valence-electron chi connectivity index (χ1n) is 11.5. The Labute approximate surface area is 170 Å². The van der Waals surface area contributed by atoms with E-state index in [1.807, 2.05) is 6.92 Å². The van der Waals surface area contributed by atoms with Crippen molar-refractivity contribution in [1.29, 1.82) is 0 Å². The maximum Gasteiger partial charge on any atom is 0.320 e. The van der Waals surface area contributed by atoms with Gasteiger partial charge in [-0.25, -0.2) is 0 Å². The standard InChI is InChI=1S/C22H39N3O3/c1-2-28-22(27)18-24-14-12-23(13-15-24)17-20-8-10-25(11-9-20)21(26)16-19-6-4-3-5-7-19/h19-20H,2-18H2,1H3. The van der Waals surface area contributed by atoms with Crippen molar-refractivity contribution in [2.75, 3.05) is 59.0 Å². The molecule has 28 heavy (non-hydrogen) atoms. The van der Waals surface area contributed by atoms with Gasteiger partial charge in [0, 0.05) is 52.2 Å². The van der Waals surface area contributed by atoms with Gasteiger partial charge in [0.1, 0.15) is 0 Å². The van der Waals surface area contributed by atoms with Crippen LogP contribution in [0.5, 0.6) is 0 Å². The molecule has 1 saturated carbocycles. The minimum Gasteiger partial charge on any atom is -0.465 e. The molecule has 1 aliphatic carbocycles. The molecule has 0 unspecified atom stereocenters. The van der Waals surface area contributed by atoms with Gasteiger partial charge in [-0.1, -0.05) is 19.3 Å². The van der Waals surface area contributed by atoms with Gasteiger partial charge in [-0.3, -0.25) is 14.5 Å². The molecular formula is C22H39N3O3. The normalized spacial score (nSPS) is 23.7. The molecule has 3 fully saturated rings. The highest BCUT2D eigenvalue weighted by Gasteiger charge is 2.27. The number of ether oxygens (including phenoxy) is 1. The fourth-order valence-corrected chi connectivity index (χ4v) is 5.02. The number of amides is 1. The number of carbonyl (C=O) groups is 2. The van der Waals surface area contributed by atoms with Crippen LogP contribution in [0.25, 0.3) is 0 Å². The van der Waals surface area contributed by atoms with Crippen LogP contribution in [-0.4, -0.2) is 85.5 Å². The summed E-state index contributed by atoms with van der Waals surface area (Å²) in [6.45, 7) is 9.69. The molecule has 0 atom stereocenters. The minimum atomic E-state index is -0.110. The van der Waals surface area contributed by atoms with Crippen molar-refractivity contribution in [3.05, 3.63) is 0 Å². The number of rotatable bonds is 7. The second-order valence-corrected chi connectivity index (χ2v) is 8.91. The molecule has 1 amide bonds. The molecule has 0 radical (unpaired) electrons. The molecular weight excluding hydrogens is 354 g/mol. The van der Waals surface area contributed by atoms with Crippen LogP contribution in [0.3, 0.4) is 0 Å². The third-order valence-corrected chi connectivity index (χ3v) is 6.79. The van der Waals surface area contributed by atoms with Gasteiger partial charge in [0.05, 0.1) is 13.2 Å². The van der Waals surface area contributed by atoms with Crippen molar-refractivity contribution in [1.82, 2.24) is 14.7 Å². The first-order valence-corrected chi connectivity index (χ1v) is 11.5. The molecule has 160 valence electrons. The van der Waals surface area contributed by atoms with Crippen molar-refractivity contribution in [2.24, 2.45) is 11.8 Å². The van der Waals surface area contributed by atoms with Crippen molar-refractivity contribution in [3.8, 4) is 0 Å². The van der Waals surface area contributed by atoms with Crippen molar-refractivity contribution in [2.45, 2.75) is 58.3 Å². The van der Waals surface area contributed by atoms with E-state index in [-0.39, 0.29) is 5.97 Å². The van der Waals surface area contributed by atoms with Crippen LogP contribution in [0.4, 0.5) is 0 Å². The Balaban J connectivity index is 1.30. The Morgan fingerprint density at radius 1 is 0.821 bits per heavy atom. The topological polar surface area (TPSA) is 53.1 Å². The van der Waals surface area contributed by atoms with E-state index in [2.05, 4.69) is 14.7 Å². The van der Waals surface area contributed by atoms with E-state index in [1.54, 1.807) is 0 Å². The molecule has 0 bridgehead atoms. The smallest absolute Gasteiger partial charge is 0.320 e. The highest BCUT2D eigenvalue weighted by Crippen LogP contribution is 2.28. The highest BCUT2D eigenvalue weighted by atomic mass is 16.5. The van der Waals surface area contributed by atoms with Crippen LogP contribution >= 0.6 is 0 Å². The molecule has 6 heteroatoms. The zero-order valence-corrected chi connectivity index (χ0v) is 17.7. The lowest BCUT2D eigenvalue weighted by Gasteiger charge is -2.39. The van der Waals surface area contributed by atoms with E-state index in [0.29, 0.717) is 30.9 Å². The van der Waals surface area contributed by atoms with Gasteiger partial charge in [-0.2, -0.15) is 0 Å². The van der Waals surface area contributed by atoms with E-state index in [4.69, 9.17) is 4.74 Å². The number of hydrogen-bond acceptors (Lipinski definition) is 5. The zero-order valence-electron chi connectivity index (χ0n) is 17.7. The van der Waals surface area contributed by atoms with E-state index < -0.39 is 0 Å². The predicted molar refractivity (Wildman–Crippen MR) is 110 cm³/mol. The summed E-state index contributed by atoms with van der Waals surface area (Å²) >= 11 is 0. The molecule has 0 aromatic rings. The van der Waals surface area contributed by atoms with Gasteiger partial charge in [0.2, 0.25) is 5.91 Å². The zero-order chi connectivity index (χ0) is 19.8.